The van der Waals surface area contributed by atoms with E-state index < -0.39 is 0 Å². The summed E-state index contributed by atoms with van der Waals surface area (Å²) in [4.78, 5) is 12.5. The average Bonchev–Trinajstić information content (AvgIpc) is 2.68. The fourth-order valence-electron chi connectivity index (χ4n) is 2.57. The lowest BCUT2D eigenvalue weighted by molar-refractivity contribution is -0.115. The maximum Gasteiger partial charge on any atom is 0.228 e. The summed E-state index contributed by atoms with van der Waals surface area (Å²) in [6, 6.07) is 6.62. The van der Waals surface area contributed by atoms with Crippen LogP contribution in [-0.4, -0.2) is 41.5 Å². The highest BCUT2D eigenvalue weighted by molar-refractivity contribution is 6.34. The Balaban J connectivity index is 2.23. The number of rotatable bonds is 8. The summed E-state index contributed by atoms with van der Waals surface area (Å²) in [5, 5.41) is 3.11. The third-order valence-electron chi connectivity index (χ3n) is 3.84. The van der Waals surface area contributed by atoms with Crippen LogP contribution in [0.1, 0.15) is 5.56 Å². The molecule has 0 fully saturated rings. The molecule has 0 aliphatic rings. The van der Waals surface area contributed by atoms with E-state index in [4.69, 9.17) is 35.3 Å². The van der Waals surface area contributed by atoms with Crippen LogP contribution in [-0.2, 0) is 11.2 Å². The third kappa shape index (κ3) is 4.68. The maximum absolute atomic E-state index is 12.5. The smallest absolute Gasteiger partial charge is 0.228 e. The molecule has 2 aromatic rings. The Labute approximate surface area is 163 Å². The van der Waals surface area contributed by atoms with Gasteiger partial charge in [0.05, 0.1) is 52.7 Å². The molecule has 0 spiro atoms. The Hall–Kier alpha value is -2.80. The number of carbonyl (C=O) groups excluding carboxylic acids is 1. The molecular formula is C19H22ClNO6. The molecule has 2 aromatic carbocycles. The lowest BCUT2D eigenvalue weighted by atomic mass is 10.1. The third-order valence-corrected chi connectivity index (χ3v) is 4.15. The standard InChI is InChI=1S/C19H22ClNO6/c1-23-14-9-12(20)13(10-15(14)24-2)21-18(22)8-11-6-16(25-3)19(27-5)17(7-11)26-4/h6-7,9-10H,8H2,1-5H3,(H,21,22). The molecule has 146 valence electrons. The Kier molecular flexibility index (Phi) is 7.01. The molecule has 0 radical (unpaired) electrons. The van der Waals surface area contributed by atoms with Crippen molar-refractivity contribution >= 4 is 23.2 Å². The van der Waals surface area contributed by atoms with Crippen molar-refractivity contribution in [1.29, 1.82) is 0 Å². The first-order valence-electron chi connectivity index (χ1n) is 7.97. The van der Waals surface area contributed by atoms with E-state index in [1.807, 2.05) is 0 Å². The molecule has 1 N–H and O–H groups in total. The number of ether oxygens (including phenoxy) is 5. The first-order valence-corrected chi connectivity index (χ1v) is 8.35. The number of nitrogens with one attached hydrogen (secondary N) is 1. The van der Waals surface area contributed by atoms with Crippen LogP contribution in [0.5, 0.6) is 28.7 Å². The van der Waals surface area contributed by atoms with E-state index in [2.05, 4.69) is 5.32 Å². The summed E-state index contributed by atoms with van der Waals surface area (Å²) in [7, 11) is 7.57. The Morgan fingerprint density at radius 1 is 0.815 bits per heavy atom. The average molecular weight is 396 g/mol. The van der Waals surface area contributed by atoms with Gasteiger partial charge in [-0.15, -0.1) is 0 Å². The Bertz CT molecular complexity index is 799. The summed E-state index contributed by atoms with van der Waals surface area (Å²) in [6.45, 7) is 0. The molecule has 0 aliphatic carbocycles. The SMILES string of the molecule is COc1cc(Cl)c(NC(=O)Cc2cc(OC)c(OC)c(OC)c2)cc1OC. The number of amides is 1. The highest BCUT2D eigenvalue weighted by Crippen LogP contribution is 2.39. The number of anilines is 1. The number of hydrogen-bond acceptors (Lipinski definition) is 6. The predicted molar refractivity (Wildman–Crippen MR) is 103 cm³/mol. The van der Waals surface area contributed by atoms with Gasteiger partial charge in [-0.1, -0.05) is 11.6 Å². The normalized spacial score (nSPS) is 10.1. The second-order valence-electron chi connectivity index (χ2n) is 5.45. The van der Waals surface area contributed by atoms with Gasteiger partial charge in [0.2, 0.25) is 11.7 Å². The van der Waals surface area contributed by atoms with Gasteiger partial charge >= 0.3 is 0 Å². The van der Waals surface area contributed by atoms with Gasteiger partial charge < -0.3 is 29.0 Å². The lowest BCUT2D eigenvalue weighted by Gasteiger charge is -2.15. The summed E-state index contributed by atoms with van der Waals surface area (Å²) >= 11 is 6.21. The molecule has 0 atom stereocenters. The van der Waals surface area contributed by atoms with Gasteiger partial charge in [0, 0.05) is 12.1 Å². The molecule has 2 rings (SSSR count). The second-order valence-corrected chi connectivity index (χ2v) is 5.85. The highest BCUT2D eigenvalue weighted by atomic mass is 35.5. The molecular weight excluding hydrogens is 374 g/mol. The van der Waals surface area contributed by atoms with Gasteiger partial charge in [-0.3, -0.25) is 4.79 Å². The minimum Gasteiger partial charge on any atom is -0.493 e. The zero-order valence-corrected chi connectivity index (χ0v) is 16.6. The Morgan fingerprint density at radius 2 is 1.33 bits per heavy atom. The minimum atomic E-state index is -0.265. The van der Waals surface area contributed by atoms with Crippen molar-refractivity contribution < 1.29 is 28.5 Å². The second kappa shape index (κ2) is 9.23. The first-order chi connectivity index (χ1) is 13.0. The van der Waals surface area contributed by atoms with E-state index in [1.165, 1.54) is 35.5 Å². The molecule has 27 heavy (non-hydrogen) atoms. The van der Waals surface area contributed by atoms with Gasteiger partial charge in [0.15, 0.2) is 23.0 Å². The largest absolute Gasteiger partial charge is 0.493 e. The molecule has 1 amide bonds. The van der Waals surface area contributed by atoms with Crippen LogP contribution >= 0.6 is 11.6 Å². The highest BCUT2D eigenvalue weighted by Gasteiger charge is 2.16. The summed E-state index contributed by atoms with van der Waals surface area (Å²) in [5.41, 5.74) is 1.12. The van der Waals surface area contributed by atoms with Crippen LogP contribution < -0.4 is 29.0 Å². The van der Waals surface area contributed by atoms with Gasteiger partial charge in [0.25, 0.3) is 0 Å². The number of benzene rings is 2. The minimum absolute atomic E-state index is 0.0847. The zero-order valence-electron chi connectivity index (χ0n) is 15.8. The zero-order chi connectivity index (χ0) is 20.0. The van der Waals surface area contributed by atoms with Crippen LogP contribution in [0.2, 0.25) is 5.02 Å². The van der Waals surface area contributed by atoms with Crippen LogP contribution in [0.15, 0.2) is 24.3 Å². The van der Waals surface area contributed by atoms with E-state index in [0.29, 0.717) is 45.0 Å². The van der Waals surface area contributed by atoms with Crippen molar-refractivity contribution in [1.82, 2.24) is 0 Å². The van der Waals surface area contributed by atoms with E-state index in [1.54, 1.807) is 24.3 Å². The summed E-state index contributed by atoms with van der Waals surface area (Å²) in [6.07, 6.45) is 0.0847. The molecule has 7 nitrogen and oxygen atoms in total. The van der Waals surface area contributed by atoms with Crippen LogP contribution in [0.3, 0.4) is 0 Å². The van der Waals surface area contributed by atoms with Crippen molar-refractivity contribution in [3.8, 4) is 28.7 Å². The quantitative estimate of drug-likeness (QED) is 0.736. The molecule has 0 saturated heterocycles. The van der Waals surface area contributed by atoms with Crippen molar-refractivity contribution in [2.45, 2.75) is 6.42 Å². The maximum atomic E-state index is 12.5. The van der Waals surface area contributed by atoms with Crippen molar-refractivity contribution in [2.24, 2.45) is 0 Å². The summed E-state index contributed by atoms with van der Waals surface area (Å²) in [5.74, 6) is 2.09. The van der Waals surface area contributed by atoms with Crippen molar-refractivity contribution in [3.63, 3.8) is 0 Å². The monoisotopic (exact) mass is 395 g/mol. The van der Waals surface area contributed by atoms with Crippen LogP contribution in [0.4, 0.5) is 5.69 Å². The number of methoxy groups -OCH3 is 5. The van der Waals surface area contributed by atoms with E-state index in [-0.39, 0.29) is 12.3 Å². The van der Waals surface area contributed by atoms with Gasteiger partial charge in [-0.05, 0) is 17.7 Å². The molecule has 0 saturated carbocycles. The first kappa shape index (κ1) is 20.5. The van der Waals surface area contributed by atoms with Crippen LogP contribution in [0.25, 0.3) is 0 Å². The van der Waals surface area contributed by atoms with Crippen molar-refractivity contribution in [2.75, 3.05) is 40.9 Å². The number of hydrogen-bond donors (Lipinski definition) is 1. The van der Waals surface area contributed by atoms with Crippen molar-refractivity contribution in [3.05, 3.63) is 34.9 Å². The Morgan fingerprint density at radius 3 is 1.81 bits per heavy atom. The van der Waals surface area contributed by atoms with E-state index in [0.717, 1.165) is 0 Å². The molecule has 8 heteroatoms. The van der Waals surface area contributed by atoms with Crippen LogP contribution in [0, 0.1) is 0 Å². The number of carbonyl (C=O) groups is 1. The summed E-state index contributed by atoms with van der Waals surface area (Å²) < 4.78 is 26.3. The number of halogens is 1. The molecule has 0 heterocycles. The lowest BCUT2D eigenvalue weighted by Crippen LogP contribution is -2.15. The molecule has 0 aromatic heterocycles. The van der Waals surface area contributed by atoms with Gasteiger partial charge in [0.1, 0.15) is 0 Å². The fraction of sp³-hybridized carbons (Fsp3) is 0.316. The molecule has 0 unspecified atom stereocenters. The topological polar surface area (TPSA) is 75.3 Å². The van der Waals surface area contributed by atoms with E-state index >= 15 is 0 Å². The predicted octanol–water partition coefficient (Wildman–Crippen LogP) is 3.56. The molecule has 0 bridgehead atoms. The van der Waals surface area contributed by atoms with E-state index in [9.17, 15) is 4.79 Å². The van der Waals surface area contributed by atoms with Gasteiger partial charge in [-0.25, -0.2) is 0 Å². The fourth-order valence-corrected chi connectivity index (χ4v) is 2.77. The van der Waals surface area contributed by atoms with Gasteiger partial charge in [-0.2, -0.15) is 0 Å². The molecule has 0 aliphatic heterocycles.